The average molecular weight is 445 g/mol. The highest BCUT2D eigenvalue weighted by molar-refractivity contribution is 7.99. The van der Waals surface area contributed by atoms with Crippen LogP contribution in [0.25, 0.3) is 16.9 Å². The van der Waals surface area contributed by atoms with E-state index < -0.39 is 0 Å². The number of ether oxygens (including phenoxy) is 2. The van der Waals surface area contributed by atoms with Crippen molar-refractivity contribution in [3.63, 3.8) is 0 Å². The molecule has 2 aliphatic rings. The molecule has 0 fully saturated rings. The van der Waals surface area contributed by atoms with Crippen LogP contribution < -0.4 is 31.0 Å². The van der Waals surface area contributed by atoms with E-state index in [1.54, 1.807) is 0 Å². The molecule has 0 saturated heterocycles. The van der Waals surface area contributed by atoms with Crippen molar-refractivity contribution in [2.45, 2.75) is 25.0 Å². The minimum atomic E-state index is 0. The first-order valence-electron chi connectivity index (χ1n) is 9.05. The van der Waals surface area contributed by atoms with Crippen molar-refractivity contribution in [2.24, 2.45) is 0 Å². The number of benzene rings is 2. The van der Waals surface area contributed by atoms with E-state index in [0.29, 0.717) is 13.2 Å². The monoisotopic (exact) mass is 444 g/mol. The normalized spacial score (nSPS) is 15.0. The number of fused-ring (bicyclic) bond motifs is 2. The summed E-state index contributed by atoms with van der Waals surface area (Å²) in [6.45, 7) is 4.41. The van der Waals surface area contributed by atoms with Gasteiger partial charge in [-0.2, -0.15) is 4.57 Å². The Morgan fingerprint density at radius 1 is 1.00 bits per heavy atom. The Bertz CT molecular complexity index is 969. The summed E-state index contributed by atoms with van der Waals surface area (Å²) in [7, 11) is 0. The standard InChI is InChI=1S/C21H21N2O2S.BrH/c1-15-3-6-17(7-4-15)23-14-18(22-9-2-12-26-21(22)23)16-5-8-19-20(13-16)25-11-10-24-19;/h3-8,13-14H,2,9-12H2,1H3;1H/q+1;/p-1. The molecule has 0 bridgehead atoms. The highest BCUT2D eigenvalue weighted by Crippen LogP contribution is 2.35. The molecule has 2 aromatic carbocycles. The molecule has 0 atom stereocenters. The highest BCUT2D eigenvalue weighted by atomic mass is 79.9. The van der Waals surface area contributed by atoms with Crippen molar-refractivity contribution < 1.29 is 31.0 Å². The number of hydrogen-bond donors (Lipinski definition) is 0. The van der Waals surface area contributed by atoms with E-state index in [1.165, 1.54) is 34.1 Å². The van der Waals surface area contributed by atoms with Crippen LogP contribution in [0.5, 0.6) is 11.5 Å². The quantitative estimate of drug-likeness (QED) is 0.552. The predicted molar refractivity (Wildman–Crippen MR) is 102 cm³/mol. The summed E-state index contributed by atoms with van der Waals surface area (Å²) < 4.78 is 16.2. The lowest BCUT2D eigenvalue weighted by Gasteiger charge is -2.18. The van der Waals surface area contributed by atoms with Crippen LogP contribution in [-0.2, 0) is 6.54 Å². The van der Waals surface area contributed by atoms with Crippen molar-refractivity contribution in [1.29, 1.82) is 0 Å². The molecule has 27 heavy (non-hydrogen) atoms. The zero-order valence-electron chi connectivity index (χ0n) is 15.2. The summed E-state index contributed by atoms with van der Waals surface area (Å²) in [6.07, 6.45) is 3.45. The van der Waals surface area contributed by atoms with Gasteiger partial charge in [0.2, 0.25) is 0 Å². The fraction of sp³-hybridized carbons (Fsp3) is 0.286. The van der Waals surface area contributed by atoms with Crippen LogP contribution in [0.2, 0.25) is 0 Å². The van der Waals surface area contributed by atoms with E-state index >= 15 is 0 Å². The zero-order chi connectivity index (χ0) is 17.5. The third kappa shape index (κ3) is 3.36. The van der Waals surface area contributed by atoms with Crippen LogP contribution in [0.15, 0.2) is 53.8 Å². The van der Waals surface area contributed by atoms with Gasteiger partial charge in [-0.25, -0.2) is 4.57 Å². The molecule has 0 radical (unpaired) electrons. The number of aromatic nitrogens is 2. The Labute approximate surface area is 173 Å². The lowest BCUT2D eigenvalue weighted by atomic mass is 10.1. The van der Waals surface area contributed by atoms with Crippen molar-refractivity contribution in [2.75, 3.05) is 19.0 Å². The Morgan fingerprint density at radius 3 is 2.59 bits per heavy atom. The Hall–Kier alpha value is -1.92. The molecule has 1 aromatic heterocycles. The SMILES string of the molecule is Cc1ccc(-n2cc(-c3ccc4c(c3)OCCO4)[n+]3c2SCCC3)cc1.[Br-]. The van der Waals surface area contributed by atoms with Gasteiger partial charge >= 0.3 is 5.16 Å². The van der Waals surface area contributed by atoms with Gasteiger partial charge in [0.05, 0.1) is 6.54 Å². The molecule has 5 rings (SSSR count). The lowest BCUT2D eigenvalue weighted by molar-refractivity contribution is -0.724. The van der Waals surface area contributed by atoms with Gasteiger partial charge in [0.1, 0.15) is 25.1 Å². The maximum Gasteiger partial charge on any atom is 0.323 e. The second-order valence-corrected chi connectivity index (χ2v) is 7.78. The Kier molecular flexibility index (Phi) is 5.19. The maximum absolute atomic E-state index is 5.79. The number of imidazole rings is 1. The molecule has 0 saturated carbocycles. The van der Waals surface area contributed by atoms with Gasteiger partial charge in [-0.05, 0) is 55.4 Å². The molecule has 0 spiro atoms. The van der Waals surface area contributed by atoms with Gasteiger partial charge in [-0.15, -0.1) is 0 Å². The van der Waals surface area contributed by atoms with E-state index in [9.17, 15) is 0 Å². The average Bonchev–Trinajstić information content (AvgIpc) is 3.08. The third-order valence-corrected chi connectivity index (χ3v) is 6.05. The summed E-state index contributed by atoms with van der Waals surface area (Å²) in [5, 5.41) is 1.30. The number of thioether (sulfide) groups is 1. The summed E-state index contributed by atoms with van der Waals surface area (Å²) in [6, 6.07) is 15.0. The van der Waals surface area contributed by atoms with E-state index in [0.717, 1.165) is 23.8 Å². The maximum atomic E-state index is 5.79. The lowest BCUT2D eigenvalue weighted by Crippen LogP contribution is -3.00. The van der Waals surface area contributed by atoms with Crippen LogP contribution in [-0.4, -0.2) is 23.5 Å². The van der Waals surface area contributed by atoms with E-state index in [4.69, 9.17) is 9.47 Å². The van der Waals surface area contributed by atoms with E-state index in [-0.39, 0.29) is 17.0 Å². The molecule has 0 N–H and O–H groups in total. The summed E-state index contributed by atoms with van der Waals surface area (Å²) in [5.41, 5.74) is 4.88. The molecule has 6 heteroatoms. The van der Waals surface area contributed by atoms with Gasteiger partial charge in [-0.3, -0.25) is 0 Å². The molecule has 4 nitrogen and oxygen atoms in total. The Balaban J connectivity index is 0.00000180. The zero-order valence-corrected chi connectivity index (χ0v) is 17.6. The van der Waals surface area contributed by atoms with Crippen molar-refractivity contribution >= 4 is 11.8 Å². The van der Waals surface area contributed by atoms with Gasteiger partial charge in [0.25, 0.3) is 0 Å². The third-order valence-electron chi connectivity index (χ3n) is 4.89. The number of aryl methyl sites for hydroxylation is 1. The number of nitrogens with zero attached hydrogens (tertiary/aromatic N) is 2. The molecule has 0 amide bonds. The molecule has 140 valence electrons. The topological polar surface area (TPSA) is 27.3 Å². The van der Waals surface area contributed by atoms with Gasteiger partial charge in [-0.1, -0.05) is 17.7 Å². The number of rotatable bonds is 2. The van der Waals surface area contributed by atoms with E-state index in [1.807, 2.05) is 17.8 Å². The fourth-order valence-corrected chi connectivity index (χ4v) is 4.65. The molecule has 2 aliphatic heterocycles. The second kappa shape index (κ2) is 7.60. The minimum absolute atomic E-state index is 0. The predicted octanol–water partition coefficient (Wildman–Crippen LogP) is 1.01. The molecule has 0 unspecified atom stereocenters. The minimum Gasteiger partial charge on any atom is -1.00 e. The van der Waals surface area contributed by atoms with Crippen molar-refractivity contribution in [1.82, 2.24) is 4.57 Å². The largest absolute Gasteiger partial charge is 1.00 e. The highest BCUT2D eigenvalue weighted by Gasteiger charge is 2.29. The fourth-order valence-electron chi connectivity index (χ4n) is 3.55. The summed E-state index contributed by atoms with van der Waals surface area (Å²) in [4.78, 5) is 0. The van der Waals surface area contributed by atoms with Crippen LogP contribution in [0.3, 0.4) is 0 Å². The van der Waals surface area contributed by atoms with Crippen LogP contribution in [0.4, 0.5) is 0 Å². The first-order valence-corrected chi connectivity index (χ1v) is 10.0. The van der Waals surface area contributed by atoms with Crippen molar-refractivity contribution in [3.8, 4) is 28.4 Å². The molecule has 3 aromatic rings. The molecule has 0 aliphatic carbocycles. The van der Waals surface area contributed by atoms with Gasteiger partial charge in [0, 0.05) is 11.3 Å². The molecular formula is C21H21BrN2O2S. The van der Waals surface area contributed by atoms with Crippen molar-refractivity contribution in [3.05, 3.63) is 54.2 Å². The first kappa shape index (κ1) is 18.4. The molecular weight excluding hydrogens is 424 g/mol. The van der Waals surface area contributed by atoms with Gasteiger partial charge < -0.3 is 26.5 Å². The van der Waals surface area contributed by atoms with Crippen LogP contribution in [0.1, 0.15) is 12.0 Å². The number of halogens is 1. The Morgan fingerprint density at radius 2 is 1.78 bits per heavy atom. The molecule has 3 heterocycles. The van der Waals surface area contributed by atoms with E-state index in [2.05, 4.69) is 58.7 Å². The van der Waals surface area contributed by atoms with Crippen LogP contribution >= 0.6 is 11.8 Å². The second-order valence-electron chi connectivity index (χ2n) is 6.71. The number of hydrogen-bond acceptors (Lipinski definition) is 3. The smallest absolute Gasteiger partial charge is 0.323 e. The summed E-state index contributed by atoms with van der Waals surface area (Å²) >= 11 is 1.93. The van der Waals surface area contributed by atoms with Crippen LogP contribution in [0, 0.1) is 6.92 Å². The first-order chi connectivity index (χ1) is 12.8. The summed E-state index contributed by atoms with van der Waals surface area (Å²) in [5.74, 6) is 2.84. The van der Waals surface area contributed by atoms with Gasteiger partial charge in [0.15, 0.2) is 17.2 Å².